The number of sulfone groups is 1. The van der Waals surface area contributed by atoms with E-state index >= 15 is 0 Å². The average Bonchev–Trinajstić information content (AvgIpc) is 3.02. The minimum absolute atomic E-state index is 0.0854. The normalized spacial score (nSPS) is 12.4. The Morgan fingerprint density at radius 2 is 1.56 bits per heavy atom. The molecular weight excluding hydrogens is 377 g/mol. The molecule has 0 aliphatic carbocycles. The first-order valence-electron chi connectivity index (χ1n) is 8.02. The summed E-state index contributed by atoms with van der Waals surface area (Å²) in [5, 5.41) is 3.71. The van der Waals surface area contributed by atoms with E-state index in [1.165, 1.54) is 28.9 Å². The summed E-state index contributed by atoms with van der Waals surface area (Å²) in [6.45, 7) is 3.80. The van der Waals surface area contributed by atoms with Gasteiger partial charge in [0.05, 0.1) is 16.3 Å². The van der Waals surface area contributed by atoms with Crippen LogP contribution in [0, 0.1) is 13.8 Å². The summed E-state index contributed by atoms with van der Waals surface area (Å²) in [7, 11) is -3.40. The molecule has 0 aliphatic rings. The lowest BCUT2D eigenvalue weighted by Crippen LogP contribution is -2.07. The van der Waals surface area contributed by atoms with Crippen LogP contribution in [0.15, 0.2) is 53.4 Å². The van der Waals surface area contributed by atoms with Gasteiger partial charge in [-0.3, -0.25) is 0 Å². The molecule has 1 heterocycles. The number of nitrogens with zero attached hydrogens (tertiary/aromatic N) is 2. The van der Waals surface area contributed by atoms with Gasteiger partial charge in [0.2, 0.25) is 0 Å². The van der Waals surface area contributed by atoms with Crippen LogP contribution in [0.2, 0.25) is 0 Å². The van der Waals surface area contributed by atoms with Crippen molar-refractivity contribution in [3.8, 4) is 16.9 Å². The smallest absolute Gasteiger partial charge is 0.233 e. The fourth-order valence-corrected chi connectivity index (χ4v) is 3.29. The first-order valence-corrected chi connectivity index (χ1v) is 9.91. The molecule has 0 amide bonds. The minimum Gasteiger partial charge on any atom is -0.233 e. The number of aromatic nitrogens is 2. The first kappa shape index (κ1) is 19.2. The Morgan fingerprint density at radius 1 is 0.926 bits per heavy atom. The number of alkyl halides is 3. The van der Waals surface area contributed by atoms with E-state index in [1.807, 2.05) is 19.9 Å². The van der Waals surface area contributed by atoms with Crippen molar-refractivity contribution in [2.75, 3.05) is 6.26 Å². The zero-order valence-electron chi connectivity index (χ0n) is 14.9. The molecule has 0 saturated heterocycles. The Kier molecular flexibility index (Phi) is 4.63. The molecule has 142 valence electrons. The maximum atomic E-state index is 13.2. The van der Waals surface area contributed by atoms with Gasteiger partial charge < -0.3 is 0 Å². The third-order valence-corrected chi connectivity index (χ3v) is 5.44. The van der Waals surface area contributed by atoms with Crippen LogP contribution in [0.25, 0.3) is 16.9 Å². The predicted octanol–water partition coefficient (Wildman–Crippen LogP) is 4.58. The van der Waals surface area contributed by atoms with Gasteiger partial charge in [-0.25, -0.2) is 13.1 Å². The molecule has 27 heavy (non-hydrogen) atoms. The lowest BCUT2D eigenvalue weighted by Gasteiger charge is -2.10. The molecule has 0 saturated carbocycles. The second-order valence-electron chi connectivity index (χ2n) is 6.39. The highest BCUT2D eigenvalue weighted by atomic mass is 32.2. The van der Waals surface area contributed by atoms with E-state index in [0.717, 1.165) is 23.4 Å². The quantitative estimate of drug-likeness (QED) is 0.654. The van der Waals surface area contributed by atoms with E-state index in [-0.39, 0.29) is 10.6 Å². The molecule has 0 fully saturated rings. The zero-order valence-corrected chi connectivity index (χ0v) is 15.7. The van der Waals surface area contributed by atoms with E-state index in [1.54, 1.807) is 12.1 Å². The molecule has 0 N–H and O–H groups in total. The largest absolute Gasteiger partial charge is 0.435 e. The molecule has 0 unspecified atom stereocenters. The van der Waals surface area contributed by atoms with Crippen LogP contribution in [0.3, 0.4) is 0 Å². The summed E-state index contributed by atoms with van der Waals surface area (Å²) in [4.78, 5) is 0.0854. The molecule has 2 aromatic carbocycles. The summed E-state index contributed by atoms with van der Waals surface area (Å²) in [6, 6.07) is 11.9. The van der Waals surface area contributed by atoms with Gasteiger partial charge in [0.15, 0.2) is 15.5 Å². The number of hydrogen-bond donors (Lipinski definition) is 0. The van der Waals surface area contributed by atoms with Crippen molar-refractivity contribution in [2.24, 2.45) is 0 Å². The van der Waals surface area contributed by atoms with Crippen molar-refractivity contribution in [1.29, 1.82) is 0 Å². The molecule has 1 aromatic heterocycles. The number of hydrogen-bond acceptors (Lipinski definition) is 3. The first-order chi connectivity index (χ1) is 12.5. The van der Waals surface area contributed by atoms with E-state index in [4.69, 9.17) is 0 Å². The third kappa shape index (κ3) is 3.90. The fraction of sp³-hybridized carbons (Fsp3) is 0.211. The van der Waals surface area contributed by atoms with Crippen LogP contribution < -0.4 is 0 Å². The van der Waals surface area contributed by atoms with Gasteiger partial charge in [-0.1, -0.05) is 12.1 Å². The Labute approximate surface area is 155 Å². The highest BCUT2D eigenvalue weighted by Crippen LogP contribution is 2.33. The summed E-state index contributed by atoms with van der Waals surface area (Å²) in [5.74, 6) is 0. The second-order valence-corrected chi connectivity index (χ2v) is 8.41. The molecule has 3 aromatic rings. The van der Waals surface area contributed by atoms with Crippen molar-refractivity contribution in [1.82, 2.24) is 9.78 Å². The van der Waals surface area contributed by atoms with Gasteiger partial charge in [0, 0.05) is 11.8 Å². The molecule has 0 aliphatic heterocycles. The van der Waals surface area contributed by atoms with E-state index in [9.17, 15) is 21.6 Å². The molecule has 3 rings (SSSR count). The minimum atomic E-state index is -4.59. The highest BCUT2D eigenvalue weighted by Gasteiger charge is 2.35. The predicted molar refractivity (Wildman–Crippen MR) is 96.6 cm³/mol. The Morgan fingerprint density at radius 3 is 2.07 bits per heavy atom. The van der Waals surface area contributed by atoms with E-state index in [0.29, 0.717) is 11.3 Å². The highest BCUT2D eigenvalue weighted by molar-refractivity contribution is 7.90. The Balaban J connectivity index is 2.19. The molecule has 0 atom stereocenters. The van der Waals surface area contributed by atoms with Gasteiger partial charge in [-0.2, -0.15) is 18.3 Å². The van der Waals surface area contributed by atoms with Crippen molar-refractivity contribution in [3.63, 3.8) is 0 Å². The molecule has 4 nitrogen and oxygen atoms in total. The van der Waals surface area contributed by atoms with Crippen LogP contribution in [0.4, 0.5) is 13.2 Å². The summed E-state index contributed by atoms with van der Waals surface area (Å²) >= 11 is 0. The summed E-state index contributed by atoms with van der Waals surface area (Å²) in [6.07, 6.45) is -3.52. The van der Waals surface area contributed by atoms with Gasteiger partial charge in [0.1, 0.15) is 0 Å². The molecule has 0 radical (unpaired) electrons. The van der Waals surface area contributed by atoms with Crippen molar-refractivity contribution in [2.45, 2.75) is 24.9 Å². The van der Waals surface area contributed by atoms with Crippen LogP contribution in [0.1, 0.15) is 16.8 Å². The Bertz CT molecular complexity index is 1100. The average molecular weight is 394 g/mol. The molecule has 0 spiro atoms. The molecular formula is C19H17F3N2O2S. The van der Waals surface area contributed by atoms with Crippen LogP contribution in [-0.2, 0) is 16.0 Å². The van der Waals surface area contributed by atoms with Gasteiger partial charge >= 0.3 is 6.18 Å². The monoisotopic (exact) mass is 394 g/mol. The Hall–Kier alpha value is -2.61. The lowest BCUT2D eigenvalue weighted by molar-refractivity contribution is -0.141. The molecule has 0 bridgehead atoms. The second kappa shape index (κ2) is 6.53. The van der Waals surface area contributed by atoms with Gasteiger partial charge in [-0.15, -0.1) is 0 Å². The number of rotatable bonds is 3. The van der Waals surface area contributed by atoms with Crippen LogP contribution in [0.5, 0.6) is 0 Å². The zero-order chi connectivity index (χ0) is 20.0. The van der Waals surface area contributed by atoms with Crippen molar-refractivity contribution < 1.29 is 21.6 Å². The van der Waals surface area contributed by atoms with E-state index in [2.05, 4.69) is 5.10 Å². The lowest BCUT2D eigenvalue weighted by atomic mass is 10.0. The SMILES string of the molecule is Cc1ccc(-c2cc(C(F)(F)F)nn2-c2ccc(S(C)(=O)=O)cc2)cc1C. The molecule has 8 heteroatoms. The number of halogens is 3. The topological polar surface area (TPSA) is 52.0 Å². The maximum absolute atomic E-state index is 13.2. The summed E-state index contributed by atoms with van der Waals surface area (Å²) < 4.78 is 64.0. The van der Waals surface area contributed by atoms with Gasteiger partial charge in [-0.05, 0) is 61.4 Å². The standard InChI is InChI=1S/C19H17F3N2O2S/c1-12-4-5-14(10-13(12)2)17-11-18(19(20,21)22)23-24(17)15-6-8-16(9-7-15)27(3,25)26/h4-11H,1-3H3. The summed E-state index contributed by atoms with van der Waals surface area (Å²) in [5.41, 5.74) is 2.17. The van der Waals surface area contributed by atoms with E-state index < -0.39 is 21.7 Å². The third-order valence-electron chi connectivity index (χ3n) is 4.31. The maximum Gasteiger partial charge on any atom is 0.435 e. The number of aryl methyl sites for hydroxylation is 2. The fourth-order valence-electron chi connectivity index (χ4n) is 2.66. The van der Waals surface area contributed by atoms with Crippen molar-refractivity contribution >= 4 is 9.84 Å². The number of benzene rings is 2. The van der Waals surface area contributed by atoms with Crippen LogP contribution in [-0.4, -0.2) is 24.5 Å². The van der Waals surface area contributed by atoms with Crippen molar-refractivity contribution in [3.05, 3.63) is 65.4 Å². The van der Waals surface area contributed by atoms with Gasteiger partial charge in [0.25, 0.3) is 0 Å². The van der Waals surface area contributed by atoms with Crippen LogP contribution >= 0.6 is 0 Å².